The summed E-state index contributed by atoms with van der Waals surface area (Å²) in [7, 11) is 0. The maximum absolute atomic E-state index is 12.6. The molecule has 0 aromatic heterocycles. The molecule has 30 heavy (non-hydrogen) atoms. The number of nitrogens with zero attached hydrogens (tertiary/aromatic N) is 1. The van der Waals surface area contributed by atoms with Crippen molar-refractivity contribution in [1.82, 2.24) is 15.5 Å². The molecule has 1 aromatic rings. The second-order valence-corrected chi connectivity index (χ2v) is 8.77. The van der Waals surface area contributed by atoms with Crippen molar-refractivity contribution in [2.24, 2.45) is 11.7 Å². The first-order chi connectivity index (χ1) is 14.4. The summed E-state index contributed by atoms with van der Waals surface area (Å²) in [6.07, 6.45) is 3.98. The van der Waals surface area contributed by atoms with E-state index >= 15 is 0 Å². The van der Waals surface area contributed by atoms with Crippen LogP contribution in [-0.2, 0) is 15.0 Å². The fraction of sp³-hybridized carbons (Fsp3) is 0.591. The average molecular weight is 415 g/mol. The Morgan fingerprint density at radius 2 is 1.70 bits per heavy atom. The van der Waals surface area contributed by atoms with Gasteiger partial charge in [0.2, 0.25) is 5.91 Å². The third-order valence-electron chi connectivity index (χ3n) is 7.23. The molecule has 4 rings (SSSR count). The van der Waals surface area contributed by atoms with Crippen LogP contribution >= 0.6 is 0 Å². The summed E-state index contributed by atoms with van der Waals surface area (Å²) in [5.74, 6) is -1.33. The number of rotatable bonds is 5. The lowest BCUT2D eigenvalue weighted by Crippen LogP contribution is -2.48. The van der Waals surface area contributed by atoms with Crippen LogP contribution in [0.5, 0.6) is 0 Å². The normalized spacial score (nSPS) is 28.7. The average Bonchev–Trinajstić information content (AvgIpc) is 3.15. The van der Waals surface area contributed by atoms with E-state index in [4.69, 9.17) is 5.73 Å². The van der Waals surface area contributed by atoms with Crippen LogP contribution in [0.25, 0.3) is 0 Å². The molecule has 8 nitrogen and oxygen atoms in total. The summed E-state index contributed by atoms with van der Waals surface area (Å²) >= 11 is 0. The number of nitrogens with one attached hydrogen (secondary N) is 2. The van der Waals surface area contributed by atoms with Crippen molar-refractivity contribution in [1.29, 1.82) is 0 Å². The predicted molar refractivity (Wildman–Crippen MR) is 111 cm³/mol. The molecular weight excluding hydrogens is 384 g/mol. The summed E-state index contributed by atoms with van der Waals surface area (Å²) in [5.41, 5.74) is 7.11. The maximum atomic E-state index is 12.6. The van der Waals surface area contributed by atoms with E-state index in [9.17, 15) is 19.5 Å². The second kappa shape index (κ2) is 8.26. The monoisotopic (exact) mass is 414 g/mol. The van der Waals surface area contributed by atoms with E-state index in [1.54, 1.807) is 0 Å². The first-order valence-electron chi connectivity index (χ1n) is 10.8. The molecule has 1 aromatic carbocycles. The number of carboxylic acid groups (broad SMARTS) is 1. The molecular formula is C22H30N4O4. The molecule has 1 atom stereocenters. The smallest absolute Gasteiger partial charge is 0.318 e. The molecule has 0 spiro atoms. The molecule has 1 saturated carbocycles. The lowest BCUT2D eigenvalue weighted by Gasteiger charge is -2.37. The number of benzene rings is 1. The highest BCUT2D eigenvalue weighted by molar-refractivity contribution is 5.87. The predicted octanol–water partition coefficient (Wildman–Crippen LogP) is 1.50. The van der Waals surface area contributed by atoms with Gasteiger partial charge in [-0.15, -0.1) is 0 Å². The van der Waals surface area contributed by atoms with E-state index in [0.717, 1.165) is 24.2 Å². The molecule has 1 aliphatic carbocycles. The number of carboxylic acids is 1. The number of carbonyl (C=O) groups is 3. The van der Waals surface area contributed by atoms with Gasteiger partial charge in [0.1, 0.15) is 0 Å². The molecule has 3 aliphatic rings. The number of hydrogen-bond acceptors (Lipinski definition) is 4. The first-order valence-corrected chi connectivity index (χ1v) is 10.8. The van der Waals surface area contributed by atoms with Crippen molar-refractivity contribution in [2.45, 2.75) is 56.0 Å². The van der Waals surface area contributed by atoms with Crippen molar-refractivity contribution in [3.8, 4) is 0 Å². The van der Waals surface area contributed by atoms with Gasteiger partial charge in [-0.1, -0.05) is 24.3 Å². The highest BCUT2D eigenvalue weighted by atomic mass is 16.4. The molecule has 162 valence electrons. The number of primary amides is 1. The third-order valence-corrected chi connectivity index (χ3v) is 7.23. The Kier molecular flexibility index (Phi) is 5.69. The van der Waals surface area contributed by atoms with Gasteiger partial charge in [0.25, 0.3) is 0 Å². The summed E-state index contributed by atoms with van der Waals surface area (Å²) < 4.78 is 0. The zero-order valence-corrected chi connectivity index (χ0v) is 17.1. The van der Waals surface area contributed by atoms with Gasteiger partial charge in [0, 0.05) is 12.6 Å². The number of carbonyl (C=O) groups excluding carboxylic acids is 2. The van der Waals surface area contributed by atoms with Crippen LogP contribution in [0.15, 0.2) is 24.3 Å². The summed E-state index contributed by atoms with van der Waals surface area (Å²) in [4.78, 5) is 38.0. The number of amides is 3. The third kappa shape index (κ3) is 3.64. The number of urea groups is 1. The van der Waals surface area contributed by atoms with E-state index < -0.39 is 11.4 Å². The Hall–Kier alpha value is -2.61. The minimum absolute atomic E-state index is 0.0501. The van der Waals surface area contributed by atoms with Gasteiger partial charge in [-0.2, -0.15) is 0 Å². The number of hydrogen-bond donors (Lipinski definition) is 4. The van der Waals surface area contributed by atoms with Crippen LogP contribution in [0.1, 0.15) is 55.7 Å². The highest BCUT2D eigenvalue weighted by Gasteiger charge is 2.41. The van der Waals surface area contributed by atoms with Gasteiger partial charge in [-0.3, -0.25) is 9.59 Å². The SMILES string of the molecule is NC(=O)C1(c2ccc(C3CNC(=O)N3C3CCC(C(=O)O)CC3)cc2)CCNCC1. The van der Waals surface area contributed by atoms with Crippen molar-refractivity contribution in [3.63, 3.8) is 0 Å². The topological polar surface area (TPSA) is 125 Å². The van der Waals surface area contributed by atoms with Gasteiger partial charge in [0.05, 0.1) is 17.4 Å². The largest absolute Gasteiger partial charge is 0.481 e. The molecule has 3 fully saturated rings. The number of nitrogens with two attached hydrogens (primary N) is 1. The van der Waals surface area contributed by atoms with Crippen LogP contribution in [0, 0.1) is 5.92 Å². The van der Waals surface area contributed by atoms with Crippen LogP contribution in [-0.4, -0.2) is 53.6 Å². The Bertz CT molecular complexity index is 811. The number of piperidine rings is 1. The molecule has 0 radical (unpaired) electrons. The Labute approximate surface area is 176 Å². The molecule has 5 N–H and O–H groups in total. The second-order valence-electron chi connectivity index (χ2n) is 8.77. The van der Waals surface area contributed by atoms with Gasteiger partial charge in [0.15, 0.2) is 0 Å². The fourth-order valence-electron chi connectivity index (χ4n) is 5.37. The van der Waals surface area contributed by atoms with Gasteiger partial charge < -0.3 is 26.4 Å². The minimum atomic E-state index is -0.743. The minimum Gasteiger partial charge on any atom is -0.481 e. The quantitative estimate of drug-likeness (QED) is 0.581. The Morgan fingerprint density at radius 3 is 2.27 bits per heavy atom. The molecule has 3 amide bonds. The summed E-state index contributed by atoms with van der Waals surface area (Å²) in [6.45, 7) is 2.05. The van der Waals surface area contributed by atoms with Crippen molar-refractivity contribution in [2.75, 3.05) is 19.6 Å². The van der Waals surface area contributed by atoms with E-state index in [0.29, 0.717) is 45.1 Å². The van der Waals surface area contributed by atoms with Crippen LogP contribution in [0.3, 0.4) is 0 Å². The van der Waals surface area contributed by atoms with E-state index in [1.165, 1.54) is 0 Å². The molecule has 2 heterocycles. The zero-order chi connectivity index (χ0) is 21.3. The van der Waals surface area contributed by atoms with E-state index in [1.807, 2.05) is 29.2 Å². The molecule has 8 heteroatoms. The lowest BCUT2D eigenvalue weighted by molar-refractivity contribution is -0.143. The van der Waals surface area contributed by atoms with Crippen LogP contribution in [0.2, 0.25) is 0 Å². The van der Waals surface area contributed by atoms with Crippen LogP contribution in [0.4, 0.5) is 4.79 Å². The lowest BCUT2D eigenvalue weighted by atomic mass is 9.72. The standard InChI is InChI=1S/C22H30N4O4/c23-20(29)22(9-11-24-12-10-22)16-5-1-14(2-6-16)18-13-25-21(30)26(18)17-7-3-15(4-8-17)19(27)28/h1-2,5-6,15,17-18,24H,3-4,7-13H2,(H2,23,29)(H,25,30)(H,27,28). The molecule has 1 unspecified atom stereocenters. The van der Waals surface area contributed by atoms with E-state index in [2.05, 4.69) is 10.6 Å². The van der Waals surface area contributed by atoms with E-state index in [-0.39, 0.29) is 29.9 Å². The van der Waals surface area contributed by atoms with Gasteiger partial charge in [-0.05, 0) is 62.7 Å². The zero-order valence-electron chi connectivity index (χ0n) is 17.1. The fourth-order valence-corrected chi connectivity index (χ4v) is 5.37. The van der Waals surface area contributed by atoms with Gasteiger partial charge >= 0.3 is 12.0 Å². The summed E-state index contributed by atoms with van der Waals surface area (Å²) in [6, 6.07) is 7.84. The summed E-state index contributed by atoms with van der Waals surface area (Å²) in [5, 5.41) is 15.5. The molecule has 0 bridgehead atoms. The van der Waals surface area contributed by atoms with Gasteiger partial charge in [-0.25, -0.2) is 4.79 Å². The maximum Gasteiger partial charge on any atom is 0.318 e. The van der Waals surface area contributed by atoms with Crippen LogP contribution < -0.4 is 16.4 Å². The molecule has 2 aliphatic heterocycles. The van der Waals surface area contributed by atoms with Crippen molar-refractivity contribution >= 4 is 17.9 Å². The van der Waals surface area contributed by atoms with Crippen molar-refractivity contribution < 1.29 is 19.5 Å². The van der Waals surface area contributed by atoms with Crippen molar-refractivity contribution in [3.05, 3.63) is 35.4 Å². The Balaban J connectivity index is 1.52. The first kappa shape index (κ1) is 20.7. The number of aliphatic carboxylic acids is 1. The highest BCUT2D eigenvalue weighted by Crippen LogP contribution is 2.37. The molecule has 2 saturated heterocycles. The Morgan fingerprint density at radius 1 is 1.07 bits per heavy atom.